The van der Waals surface area contributed by atoms with Gasteiger partial charge in [0.25, 0.3) is 0 Å². The van der Waals surface area contributed by atoms with Crippen molar-refractivity contribution in [3.63, 3.8) is 0 Å². The Labute approximate surface area is 158 Å². The van der Waals surface area contributed by atoms with E-state index in [1.807, 2.05) is 10.3 Å². The lowest BCUT2D eigenvalue weighted by Crippen LogP contribution is -2.46. The van der Waals surface area contributed by atoms with Crippen LogP contribution >= 0.6 is 11.3 Å². The van der Waals surface area contributed by atoms with Gasteiger partial charge in [-0.25, -0.2) is 4.79 Å². The molecule has 0 radical (unpaired) electrons. The summed E-state index contributed by atoms with van der Waals surface area (Å²) in [7, 11) is 1.28. The van der Waals surface area contributed by atoms with Crippen LogP contribution in [0.4, 0.5) is 9.80 Å². The van der Waals surface area contributed by atoms with E-state index in [0.29, 0.717) is 29.9 Å². The predicted octanol–water partition coefficient (Wildman–Crippen LogP) is 4.23. The number of rotatable bonds is 4. The molecule has 0 unspecified atom stereocenters. The summed E-state index contributed by atoms with van der Waals surface area (Å²) < 4.78 is 15.4. The van der Waals surface area contributed by atoms with E-state index in [4.69, 9.17) is 9.47 Å². The number of anilines is 1. The SMILES string of the molecule is COC(=O)Oc1ccsc1N(C(=O)[C@H]1CC[C@H](C)CC1)C1CCOCC1. The van der Waals surface area contributed by atoms with E-state index in [9.17, 15) is 9.59 Å². The lowest BCUT2D eigenvalue weighted by atomic mass is 9.82. The molecular formula is C19H27NO5S. The van der Waals surface area contributed by atoms with E-state index >= 15 is 0 Å². The van der Waals surface area contributed by atoms with E-state index in [-0.39, 0.29) is 17.9 Å². The van der Waals surface area contributed by atoms with Gasteiger partial charge in [-0.15, -0.1) is 11.3 Å². The Hall–Kier alpha value is -1.60. The van der Waals surface area contributed by atoms with Crippen LogP contribution in [0.3, 0.4) is 0 Å². The number of hydrogen-bond acceptors (Lipinski definition) is 6. The van der Waals surface area contributed by atoms with Crippen LogP contribution in [0.15, 0.2) is 11.4 Å². The molecule has 0 atom stereocenters. The Morgan fingerprint density at radius 3 is 2.50 bits per heavy atom. The third kappa shape index (κ3) is 4.38. The fraction of sp³-hybridized carbons (Fsp3) is 0.684. The number of ether oxygens (including phenoxy) is 3. The van der Waals surface area contributed by atoms with Gasteiger partial charge in [0.15, 0.2) is 5.75 Å². The lowest BCUT2D eigenvalue weighted by Gasteiger charge is -2.37. The van der Waals surface area contributed by atoms with Gasteiger partial charge in [0.1, 0.15) is 5.00 Å². The van der Waals surface area contributed by atoms with E-state index in [0.717, 1.165) is 38.5 Å². The summed E-state index contributed by atoms with van der Waals surface area (Å²) in [6.45, 7) is 3.54. The van der Waals surface area contributed by atoms with Gasteiger partial charge in [0, 0.05) is 25.2 Å². The Kier molecular flexibility index (Phi) is 6.53. The molecule has 1 aliphatic carbocycles. The van der Waals surface area contributed by atoms with Crippen molar-refractivity contribution in [3.8, 4) is 5.75 Å². The van der Waals surface area contributed by atoms with Gasteiger partial charge < -0.3 is 14.2 Å². The van der Waals surface area contributed by atoms with Crippen LogP contribution in [-0.2, 0) is 14.3 Å². The molecule has 1 saturated carbocycles. The molecule has 3 rings (SSSR count). The van der Waals surface area contributed by atoms with Crippen molar-refractivity contribution in [1.82, 2.24) is 0 Å². The summed E-state index contributed by atoms with van der Waals surface area (Å²) in [6.07, 6.45) is 4.86. The monoisotopic (exact) mass is 381 g/mol. The fourth-order valence-electron chi connectivity index (χ4n) is 3.77. The average Bonchev–Trinajstić information content (AvgIpc) is 3.11. The average molecular weight is 381 g/mol. The number of carbonyl (C=O) groups excluding carboxylic acids is 2. The lowest BCUT2D eigenvalue weighted by molar-refractivity contribution is -0.124. The van der Waals surface area contributed by atoms with Crippen molar-refractivity contribution >= 4 is 28.4 Å². The summed E-state index contributed by atoms with van der Waals surface area (Å²) in [6, 6.07) is 1.80. The van der Waals surface area contributed by atoms with Gasteiger partial charge in [-0.1, -0.05) is 6.92 Å². The number of thiophene rings is 1. The Bertz CT molecular complexity index is 617. The highest BCUT2D eigenvalue weighted by molar-refractivity contribution is 7.14. The number of methoxy groups -OCH3 is 1. The van der Waals surface area contributed by atoms with Crippen LogP contribution in [0.25, 0.3) is 0 Å². The molecule has 2 fully saturated rings. The quantitative estimate of drug-likeness (QED) is 0.730. The van der Waals surface area contributed by atoms with Crippen LogP contribution in [0.2, 0.25) is 0 Å². The van der Waals surface area contributed by atoms with Crippen molar-refractivity contribution < 1.29 is 23.8 Å². The summed E-state index contributed by atoms with van der Waals surface area (Å²) in [5, 5.41) is 2.54. The molecule has 6 nitrogen and oxygen atoms in total. The summed E-state index contributed by atoms with van der Waals surface area (Å²) in [5.74, 6) is 1.28. The van der Waals surface area contributed by atoms with Crippen molar-refractivity contribution in [1.29, 1.82) is 0 Å². The third-order valence-electron chi connectivity index (χ3n) is 5.35. The van der Waals surface area contributed by atoms with Crippen molar-refractivity contribution in [2.75, 3.05) is 25.2 Å². The van der Waals surface area contributed by atoms with Gasteiger partial charge in [0.05, 0.1) is 7.11 Å². The molecule has 2 aliphatic rings. The molecule has 1 aliphatic heterocycles. The van der Waals surface area contributed by atoms with Crippen LogP contribution in [-0.4, -0.2) is 38.4 Å². The zero-order valence-corrected chi connectivity index (χ0v) is 16.3. The first-order valence-corrected chi connectivity index (χ1v) is 10.2. The summed E-state index contributed by atoms with van der Waals surface area (Å²) in [4.78, 5) is 26.9. The molecular weight excluding hydrogens is 354 g/mol. The number of carbonyl (C=O) groups is 2. The van der Waals surface area contributed by atoms with Crippen molar-refractivity contribution in [3.05, 3.63) is 11.4 Å². The third-order valence-corrected chi connectivity index (χ3v) is 6.24. The predicted molar refractivity (Wildman–Crippen MR) is 99.8 cm³/mol. The van der Waals surface area contributed by atoms with E-state index in [1.54, 1.807) is 6.07 Å². The normalized spacial score (nSPS) is 24.1. The second-order valence-corrected chi connectivity index (χ2v) is 8.05. The van der Waals surface area contributed by atoms with E-state index in [1.165, 1.54) is 18.4 Å². The largest absolute Gasteiger partial charge is 0.513 e. The van der Waals surface area contributed by atoms with Crippen molar-refractivity contribution in [2.24, 2.45) is 11.8 Å². The highest BCUT2D eigenvalue weighted by Gasteiger charge is 2.36. The first-order chi connectivity index (χ1) is 12.6. The second-order valence-electron chi connectivity index (χ2n) is 7.15. The van der Waals surface area contributed by atoms with Gasteiger partial charge >= 0.3 is 6.16 Å². The van der Waals surface area contributed by atoms with Gasteiger partial charge in [-0.05, 0) is 55.9 Å². The number of amides is 1. The standard InChI is InChI=1S/C19H27NO5S/c1-13-3-5-14(6-4-13)17(21)20(15-7-10-24-11-8-15)18-16(9-12-26-18)25-19(22)23-2/h9,12-15H,3-8,10-11H2,1-2H3/t13-,14-. The first-order valence-electron chi connectivity index (χ1n) is 9.34. The molecule has 1 saturated heterocycles. The molecule has 0 N–H and O–H groups in total. The minimum atomic E-state index is -0.768. The molecule has 0 aromatic carbocycles. The minimum absolute atomic E-state index is 0.0436. The molecule has 1 aromatic heterocycles. The number of nitrogens with zero attached hydrogens (tertiary/aromatic N) is 1. The van der Waals surface area contributed by atoms with Crippen molar-refractivity contribution in [2.45, 2.75) is 51.5 Å². The zero-order chi connectivity index (χ0) is 18.5. The van der Waals surface area contributed by atoms with Crippen LogP contribution in [0.1, 0.15) is 45.4 Å². The second kappa shape index (κ2) is 8.86. The molecule has 7 heteroatoms. The Balaban J connectivity index is 1.85. The maximum Gasteiger partial charge on any atom is 0.513 e. The summed E-state index contributed by atoms with van der Waals surface area (Å²) >= 11 is 1.43. The van der Waals surface area contributed by atoms with E-state index < -0.39 is 6.16 Å². The van der Waals surface area contributed by atoms with Crippen LogP contribution < -0.4 is 9.64 Å². The molecule has 144 valence electrons. The van der Waals surface area contributed by atoms with Gasteiger partial charge in [-0.2, -0.15) is 0 Å². The highest BCUT2D eigenvalue weighted by atomic mass is 32.1. The van der Waals surface area contributed by atoms with Gasteiger partial charge in [0.2, 0.25) is 5.91 Å². The van der Waals surface area contributed by atoms with Gasteiger partial charge in [-0.3, -0.25) is 9.69 Å². The summed E-state index contributed by atoms with van der Waals surface area (Å²) in [5.41, 5.74) is 0. The first kappa shape index (κ1) is 19.2. The number of hydrogen-bond donors (Lipinski definition) is 0. The topological polar surface area (TPSA) is 65.1 Å². The van der Waals surface area contributed by atoms with Crippen LogP contribution in [0, 0.1) is 11.8 Å². The maximum absolute atomic E-state index is 13.4. The molecule has 0 spiro atoms. The van der Waals surface area contributed by atoms with E-state index in [2.05, 4.69) is 11.7 Å². The Morgan fingerprint density at radius 2 is 1.85 bits per heavy atom. The zero-order valence-electron chi connectivity index (χ0n) is 15.4. The highest BCUT2D eigenvalue weighted by Crippen LogP contribution is 2.40. The molecule has 0 bridgehead atoms. The Morgan fingerprint density at radius 1 is 1.15 bits per heavy atom. The molecule has 2 heterocycles. The fourth-order valence-corrected chi connectivity index (χ4v) is 4.67. The maximum atomic E-state index is 13.4. The molecule has 26 heavy (non-hydrogen) atoms. The molecule has 1 aromatic rings. The smallest absolute Gasteiger partial charge is 0.437 e. The van der Waals surface area contributed by atoms with Crippen LogP contribution in [0.5, 0.6) is 5.75 Å². The minimum Gasteiger partial charge on any atom is -0.437 e. The molecule has 1 amide bonds.